The number of para-hydroxylation sites is 1. The molecule has 8 heteroatoms. The zero-order chi connectivity index (χ0) is 27.9. The van der Waals surface area contributed by atoms with Crippen LogP contribution < -0.4 is 10.6 Å². The van der Waals surface area contributed by atoms with Crippen molar-refractivity contribution in [2.75, 3.05) is 11.1 Å². The topological polar surface area (TPSA) is 91.1 Å². The summed E-state index contributed by atoms with van der Waals surface area (Å²) in [4.78, 5) is 43.0. The number of Topliss-reactive ketones (excluding diaryl/α,β-unsaturated/α-hetero) is 1. The van der Waals surface area contributed by atoms with Gasteiger partial charge in [-0.2, -0.15) is 0 Å². The fourth-order valence-corrected chi connectivity index (χ4v) is 5.16. The Morgan fingerprint density at radius 2 is 1.57 bits per heavy atom. The number of carbonyl (C=O) groups is 3. The third-order valence-corrected chi connectivity index (χ3v) is 7.60. The Balaban J connectivity index is 1.34. The second kappa shape index (κ2) is 12.6. The number of aromatic amines is 1. The average molecular weight is 611 g/mol. The van der Waals surface area contributed by atoms with E-state index in [0.717, 1.165) is 25.8 Å². The lowest BCUT2D eigenvalue weighted by atomic mass is 10.1. The lowest BCUT2D eigenvalue weighted by molar-refractivity contribution is -0.113. The van der Waals surface area contributed by atoms with Crippen LogP contribution in [0.5, 0.6) is 0 Å². The molecule has 6 nitrogen and oxygen atoms in total. The van der Waals surface area contributed by atoms with E-state index in [4.69, 9.17) is 0 Å². The van der Waals surface area contributed by atoms with Crippen LogP contribution in [0.4, 0.5) is 5.69 Å². The van der Waals surface area contributed by atoms with Crippen LogP contribution in [0, 0.1) is 0 Å². The highest BCUT2D eigenvalue weighted by Gasteiger charge is 2.16. The van der Waals surface area contributed by atoms with Gasteiger partial charge in [0.1, 0.15) is 5.70 Å². The standard InChI is InChI=1S/C32H24BrN3O3S/c33-24-15-13-21(14-16-24)30(37)20-40-26-10-6-9-25(18-26)35-32(39)29(36-31(38)22-7-2-1-3-8-22)17-23-19-34-28-12-5-4-11-27(23)28/h1-19,34H,20H2,(H,35,39)(H,36,38)/b29-17-. The van der Waals surface area contributed by atoms with E-state index in [0.29, 0.717) is 16.8 Å². The molecule has 2 amide bonds. The van der Waals surface area contributed by atoms with Crippen LogP contribution in [-0.2, 0) is 4.79 Å². The van der Waals surface area contributed by atoms with Gasteiger partial charge in [0.25, 0.3) is 11.8 Å². The Morgan fingerprint density at radius 1 is 0.825 bits per heavy atom. The van der Waals surface area contributed by atoms with Gasteiger partial charge in [-0.3, -0.25) is 14.4 Å². The number of ketones is 1. The number of aromatic nitrogens is 1. The Bertz CT molecular complexity index is 1710. The molecular formula is C32H24BrN3O3S. The first-order chi connectivity index (χ1) is 19.5. The van der Waals surface area contributed by atoms with Crippen molar-refractivity contribution in [2.45, 2.75) is 4.90 Å². The first-order valence-electron chi connectivity index (χ1n) is 12.4. The van der Waals surface area contributed by atoms with Gasteiger partial charge in [-0.05, 0) is 54.6 Å². The SMILES string of the molecule is O=C(Nc1cccc(SCC(=O)c2ccc(Br)cc2)c1)/C(=C/c1c[nH]c2ccccc12)NC(=O)c1ccccc1. The number of anilines is 1. The van der Waals surface area contributed by atoms with Crippen molar-refractivity contribution in [3.63, 3.8) is 0 Å². The van der Waals surface area contributed by atoms with Gasteiger partial charge in [0.05, 0.1) is 5.75 Å². The van der Waals surface area contributed by atoms with Gasteiger partial charge < -0.3 is 15.6 Å². The molecule has 0 saturated heterocycles. The number of H-pyrrole nitrogens is 1. The number of halogens is 1. The van der Waals surface area contributed by atoms with Crippen molar-refractivity contribution in [3.8, 4) is 0 Å². The summed E-state index contributed by atoms with van der Waals surface area (Å²) in [7, 11) is 0. The highest BCUT2D eigenvalue weighted by molar-refractivity contribution is 9.10. The first-order valence-corrected chi connectivity index (χ1v) is 14.2. The summed E-state index contributed by atoms with van der Waals surface area (Å²) in [5, 5.41) is 6.59. The fourth-order valence-electron chi connectivity index (χ4n) is 4.04. The van der Waals surface area contributed by atoms with E-state index < -0.39 is 11.8 Å². The molecule has 0 radical (unpaired) electrons. The van der Waals surface area contributed by atoms with Gasteiger partial charge in [-0.25, -0.2) is 0 Å². The zero-order valence-electron chi connectivity index (χ0n) is 21.2. The normalized spacial score (nSPS) is 11.3. The smallest absolute Gasteiger partial charge is 0.272 e. The Morgan fingerprint density at radius 3 is 2.38 bits per heavy atom. The van der Waals surface area contributed by atoms with Gasteiger partial charge in [0.15, 0.2) is 5.78 Å². The molecule has 0 unspecified atom stereocenters. The Kier molecular flexibility index (Phi) is 8.59. The average Bonchev–Trinajstić information content (AvgIpc) is 3.39. The molecule has 0 bridgehead atoms. The molecule has 4 aromatic carbocycles. The molecule has 0 fully saturated rings. The van der Waals surface area contributed by atoms with Crippen molar-refractivity contribution in [1.29, 1.82) is 0 Å². The van der Waals surface area contributed by atoms with Crippen molar-refractivity contribution in [3.05, 3.63) is 136 Å². The number of thioether (sulfide) groups is 1. The molecule has 1 aromatic heterocycles. The van der Waals surface area contributed by atoms with Crippen molar-refractivity contribution >= 4 is 68.0 Å². The highest BCUT2D eigenvalue weighted by Crippen LogP contribution is 2.24. The summed E-state index contributed by atoms with van der Waals surface area (Å²) in [6, 6.07) is 31.0. The molecule has 198 valence electrons. The van der Waals surface area contributed by atoms with Gasteiger partial charge in [-0.15, -0.1) is 11.8 Å². The van der Waals surface area contributed by atoms with Crippen LogP contribution in [0.3, 0.4) is 0 Å². The molecule has 40 heavy (non-hydrogen) atoms. The maximum Gasteiger partial charge on any atom is 0.272 e. The van der Waals surface area contributed by atoms with E-state index in [2.05, 4.69) is 31.5 Å². The van der Waals surface area contributed by atoms with Gasteiger partial charge in [0.2, 0.25) is 0 Å². The largest absolute Gasteiger partial charge is 0.361 e. The predicted octanol–water partition coefficient (Wildman–Crippen LogP) is 7.32. The summed E-state index contributed by atoms with van der Waals surface area (Å²) in [6.45, 7) is 0. The number of amides is 2. The van der Waals surface area contributed by atoms with Crippen LogP contribution in [0.25, 0.3) is 17.0 Å². The summed E-state index contributed by atoms with van der Waals surface area (Å²) < 4.78 is 0.915. The van der Waals surface area contributed by atoms with E-state index in [-0.39, 0.29) is 17.2 Å². The second-order valence-corrected chi connectivity index (χ2v) is 10.8. The fraction of sp³-hybridized carbons (Fsp3) is 0.0312. The minimum atomic E-state index is -0.470. The molecule has 0 aliphatic rings. The Hall–Kier alpha value is -4.40. The quantitative estimate of drug-likeness (QED) is 0.0927. The van der Waals surface area contributed by atoms with Crippen molar-refractivity contribution in [2.24, 2.45) is 0 Å². The number of benzene rings is 4. The summed E-state index contributed by atoms with van der Waals surface area (Å²) in [5.74, 6) is -0.586. The minimum Gasteiger partial charge on any atom is -0.361 e. The molecule has 0 aliphatic carbocycles. The van der Waals surface area contributed by atoms with Crippen LogP contribution in [0.1, 0.15) is 26.3 Å². The summed E-state index contributed by atoms with van der Waals surface area (Å²) in [5.41, 5.74) is 3.41. The van der Waals surface area contributed by atoms with E-state index >= 15 is 0 Å². The monoisotopic (exact) mass is 609 g/mol. The molecule has 0 saturated carbocycles. The van der Waals surface area contributed by atoms with Gasteiger partial charge >= 0.3 is 0 Å². The minimum absolute atomic E-state index is 0.0134. The van der Waals surface area contributed by atoms with Crippen LogP contribution >= 0.6 is 27.7 Å². The first kappa shape index (κ1) is 27.2. The molecular weight excluding hydrogens is 586 g/mol. The summed E-state index contributed by atoms with van der Waals surface area (Å²) in [6.07, 6.45) is 3.46. The third-order valence-electron chi connectivity index (χ3n) is 6.08. The molecule has 3 N–H and O–H groups in total. The molecule has 0 spiro atoms. The number of fused-ring (bicyclic) bond motifs is 1. The third kappa shape index (κ3) is 6.77. The van der Waals surface area contributed by atoms with Gasteiger partial charge in [-0.1, -0.05) is 70.5 Å². The Labute approximate surface area is 244 Å². The molecule has 0 aliphatic heterocycles. The maximum atomic E-state index is 13.5. The summed E-state index contributed by atoms with van der Waals surface area (Å²) >= 11 is 4.77. The van der Waals surface area contributed by atoms with Crippen LogP contribution in [0.15, 0.2) is 124 Å². The van der Waals surface area contributed by atoms with Crippen molar-refractivity contribution < 1.29 is 14.4 Å². The molecule has 1 heterocycles. The van der Waals surface area contributed by atoms with Crippen LogP contribution in [-0.4, -0.2) is 28.3 Å². The van der Waals surface area contributed by atoms with Crippen LogP contribution in [0.2, 0.25) is 0 Å². The molecule has 5 aromatic rings. The maximum absolute atomic E-state index is 13.5. The highest BCUT2D eigenvalue weighted by atomic mass is 79.9. The van der Waals surface area contributed by atoms with Crippen molar-refractivity contribution in [1.82, 2.24) is 10.3 Å². The molecule has 5 rings (SSSR count). The second-order valence-electron chi connectivity index (χ2n) is 8.87. The number of carbonyl (C=O) groups excluding carboxylic acids is 3. The number of nitrogens with one attached hydrogen (secondary N) is 3. The van der Waals surface area contributed by atoms with E-state index in [1.54, 1.807) is 60.8 Å². The van der Waals surface area contributed by atoms with E-state index in [1.807, 2.05) is 54.6 Å². The number of hydrogen-bond donors (Lipinski definition) is 3. The zero-order valence-corrected chi connectivity index (χ0v) is 23.6. The molecule has 0 atom stereocenters. The predicted molar refractivity (Wildman–Crippen MR) is 164 cm³/mol. The van der Waals surface area contributed by atoms with E-state index in [9.17, 15) is 14.4 Å². The number of hydrogen-bond acceptors (Lipinski definition) is 4. The number of rotatable bonds is 9. The lowest BCUT2D eigenvalue weighted by Crippen LogP contribution is -2.30. The van der Waals surface area contributed by atoms with Gasteiger partial charge in [0, 0.05) is 48.8 Å². The van der Waals surface area contributed by atoms with E-state index in [1.165, 1.54) is 11.8 Å². The lowest BCUT2D eigenvalue weighted by Gasteiger charge is -2.12.